The fraction of sp³-hybridized carbons (Fsp3) is 0.292. The van der Waals surface area contributed by atoms with E-state index in [0.29, 0.717) is 17.0 Å². The van der Waals surface area contributed by atoms with Crippen LogP contribution < -0.4 is 0 Å². The largest absolute Gasteiger partial charge is 0.507 e. The van der Waals surface area contributed by atoms with Gasteiger partial charge in [0.1, 0.15) is 5.76 Å². The Hall–Kier alpha value is -3.41. The molecule has 30 heavy (non-hydrogen) atoms. The number of carboxylic acid groups (broad SMARTS) is 1. The first kappa shape index (κ1) is 21.3. The monoisotopic (exact) mass is 407 g/mol. The second-order valence-corrected chi connectivity index (χ2v) is 7.68. The topological polar surface area (TPSA) is 94.9 Å². The number of aliphatic carboxylic acids is 1. The molecule has 0 aliphatic carbocycles. The van der Waals surface area contributed by atoms with Crippen molar-refractivity contribution in [1.29, 1.82) is 0 Å². The number of aliphatic hydroxyl groups is 1. The van der Waals surface area contributed by atoms with Crippen molar-refractivity contribution in [3.8, 4) is 0 Å². The third-order valence-electron chi connectivity index (χ3n) is 5.30. The molecule has 1 heterocycles. The fourth-order valence-corrected chi connectivity index (χ4v) is 3.67. The summed E-state index contributed by atoms with van der Waals surface area (Å²) in [4.78, 5) is 37.9. The Morgan fingerprint density at radius 3 is 2.20 bits per heavy atom. The smallest absolute Gasteiger partial charge is 0.303 e. The van der Waals surface area contributed by atoms with Crippen LogP contribution in [0.4, 0.5) is 0 Å². The number of rotatable bonds is 7. The van der Waals surface area contributed by atoms with Gasteiger partial charge in [-0.3, -0.25) is 14.4 Å². The number of likely N-dealkylation sites (tertiary alicyclic amines) is 1. The lowest BCUT2D eigenvalue weighted by Gasteiger charge is -2.25. The molecule has 1 atom stereocenters. The Labute approximate surface area is 175 Å². The first-order valence-electron chi connectivity index (χ1n) is 9.96. The lowest BCUT2D eigenvalue weighted by molar-refractivity contribution is -0.140. The third kappa shape index (κ3) is 4.27. The summed E-state index contributed by atoms with van der Waals surface area (Å²) in [5.74, 6) is -2.35. The Kier molecular flexibility index (Phi) is 6.35. The van der Waals surface area contributed by atoms with Crippen LogP contribution in [-0.2, 0) is 14.4 Å². The van der Waals surface area contributed by atoms with Crippen molar-refractivity contribution in [3.05, 3.63) is 76.9 Å². The van der Waals surface area contributed by atoms with Crippen molar-refractivity contribution in [2.24, 2.45) is 0 Å². The molecule has 0 unspecified atom stereocenters. The summed E-state index contributed by atoms with van der Waals surface area (Å²) in [6.45, 7) is 4.25. The van der Waals surface area contributed by atoms with Gasteiger partial charge in [-0.1, -0.05) is 68.4 Å². The molecule has 0 aromatic heterocycles. The molecule has 0 radical (unpaired) electrons. The molecule has 0 spiro atoms. The Bertz CT molecular complexity index is 976. The summed E-state index contributed by atoms with van der Waals surface area (Å²) in [5.41, 5.74) is 2.29. The quantitative estimate of drug-likeness (QED) is 0.409. The number of amides is 1. The summed E-state index contributed by atoms with van der Waals surface area (Å²) in [6.07, 6.45) is 0.106. The highest BCUT2D eigenvalue weighted by Crippen LogP contribution is 2.39. The molecule has 0 bridgehead atoms. The summed E-state index contributed by atoms with van der Waals surface area (Å²) in [6, 6.07) is 15.5. The molecular formula is C24H25NO5. The molecule has 156 valence electrons. The molecule has 1 aliphatic rings. The molecule has 6 nitrogen and oxygen atoms in total. The lowest BCUT2D eigenvalue weighted by Crippen LogP contribution is -2.31. The number of aliphatic hydroxyl groups excluding tert-OH is 1. The van der Waals surface area contributed by atoms with Gasteiger partial charge in [0.2, 0.25) is 0 Å². The molecule has 1 amide bonds. The van der Waals surface area contributed by atoms with Gasteiger partial charge in [0.25, 0.3) is 11.7 Å². The van der Waals surface area contributed by atoms with Crippen LogP contribution >= 0.6 is 0 Å². The molecule has 1 aliphatic heterocycles. The Morgan fingerprint density at radius 2 is 1.63 bits per heavy atom. The molecule has 3 rings (SSSR count). The SMILES string of the molecule is CC(C)c1ccc([C@@H]2/C(=C(\O)c3ccccc3)C(=O)C(=O)N2CCCC(=O)O)cc1. The summed E-state index contributed by atoms with van der Waals surface area (Å²) >= 11 is 0. The minimum absolute atomic E-state index is 0.0267. The zero-order chi connectivity index (χ0) is 21.8. The van der Waals surface area contributed by atoms with E-state index in [9.17, 15) is 19.5 Å². The number of carbonyl (C=O) groups excluding carboxylic acids is 2. The first-order valence-corrected chi connectivity index (χ1v) is 9.96. The summed E-state index contributed by atoms with van der Waals surface area (Å²) < 4.78 is 0. The molecule has 6 heteroatoms. The highest BCUT2D eigenvalue weighted by Gasteiger charge is 2.45. The molecule has 1 saturated heterocycles. The van der Waals surface area contributed by atoms with Gasteiger partial charge in [-0.15, -0.1) is 0 Å². The van der Waals surface area contributed by atoms with Crippen molar-refractivity contribution < 1.29 is 24.6 Å². The van der Waals surface area contributed by atoms with Crippen LogP contribution in [0.1, 0.15) is 55.3 Å². The number of Topliss-reactive ketones (excluding diaryl/α,β-unsaturated/α-hetero) is 1. The van der Waals surface area contributed by atoms with Gasteiger partial charge in [0.05, 0.1) is 11.6 Å². The second-order valence-electron chi connectivity index (χ2n) is 7.68. The minimum Gasteiger partial charge on any atom is -0.507 e. The molecule has 2 aromatic carbocycles. The van der Waals surface area contributed by atoms with Crippen molar-refractivity contribution in [3.63, 3.8) is 0 Å². The van der Waals surface area contributed by atoms with E-state index >= 15 is 0 Å². The van der Waals surface area contributed by atoms with Gasteiger partial charge in [0, 0.05) is 18.5 Å². The molecule has 1 fully saturated rings. The Balaban J connectivity index is 2.08. The lowest BCUT2D eigenvalue weighted by atomic mass is 9.93. The van der Waals surface area contributed by atoms with E-state index in [4.69, 9.17) is 5.11 Å². The van der Waals surface area contributed by atoms with Gasteiger partial charge >= 0.3 is 5.97 Å². The highest BCUT2D eigenvalue weighted by atomic mass is 16.4. The van der Waals surface area contributed by atoms with Gasteiger partial charge in [0.15, 0.2) is 0 Å². The van der Waals surface area contributed by atoms with Crippen LogP contribution in [0, 0.1) is 0 Å². The van der Waals surface area contributed by atoms with Crippen LogP contribution in [0.2, 0.25) is 0 Å². The number of ketones is 1. The fourth-order valence-electron chi connectivity index (χ4n) is 3.67. The minimum atomic E-state index is -0.964. The second kappa shape index (κ2) is 8.95. The van der Waals surface area contributed by atoms with Crippen molar-refractivity contribution >= 4 is 23.4 Å². The number of benzene rings is 2. The van der Waals surface area contributed by atoms with Crippen LogP contribution in [0.5, 0.6) is 0 Å². The first-order chi connectivity index (χ1) is 14.3. The van der Waals surface area contributed by atoms with Gasteiger partial charge in [-0.25, -0.2) is 0 Å². The van der Waals surface area contributed by atoms with E-state index in [-0.39, 0.29) is 30.7 Å². The third-order valence-corrected chi connectivity index (χ3v) is 5.30. The predicted molar refractivity (Wildman–Crippen MR) is 113 cm³/mol. The number of hydrogen-bond donors (Lipinski definition) is 2. The molecule has 2 aromatic rings. The average Bonchev–Trinajstić information content (AvgIpc) is 2.98. The van der Waals surface area contributed by atoms with Crippen LogP contribution in [0.25, 0.3) is 5.76 Å². The highest BCUT2D eigenvalue weighted by molar-refractivity contribution is 6.46. The van der Waals surface area contributed by atoms with E-state index in [1.54, 1.807) is 30.3 Å². The Morgan fingerprint density at radius 1 is 1.00 bits per heavy atom. The number of carboxylic acids is 1. The maximum atomic E-state index is 12.9. The molecule has 0 saturated carbocycles. The number of carbonyl (C=O) groups is 3. The van der Waals surface area contributed by atoms with E-state index in [1.807, 2.05) is 24.3 Å². The van der Waals surface area contributed by atoms with Crippen LogP contribution in [-0.4, -0.2) is 39.3 Å². The molecular weight excluding hydrogens is 382 g/mol. The normalized spacial score (nSPS) is 18.2. The average molecular weight is 407 g/mol. The van der Waals surface area contributed by atoms with Gasteiger partial charge < -0.3 is 15.1 Å². The van der Waals surface area contributed by atoms with E-state index in [1.165, 1.54) is 4.90 Å². The maximum absolute atomic E-state index is 12.9. The number of hydrogen-bond acceptors (Lipinski definition) is 4. The van der Waals surface area contributed by atoms with Gasteiger partial charge in [-0.05, 0) is 23.5 Å². The summed E-state index contributed by atoms with van der Waals surface area (Å²) in [5, 5.41) is 19.8. The van der Waals surface area contributed by atoms with Gasteiger partial charge in [-0.2, -0.15) is 0 Å². The predicted octanol–water partition coefficient (Wildman–Crippen LogP) is 4.10. The van der Waals surface area contributed by atoms with Crippen LogP contribution in [0.3, 0.4) is 0 Å². The standard InChI is InChI=1S/C24H25NO5/c1-15(2)16-10-12-17(13-11-16)21-20(22(28)18-7-4-3-5-8-18)23(29)24(30)25(21)14-6-9-19(26)27/h3-5,7-8,10-13,15,21,28H,6,9,14H2,1-2H3,(H,26,27)/b22-20+/t21-/m1/s1. The maximum Gasteiger partial charge on any atom is 0.303 e. The van der Waals surface area contributed by atoms with Crippen molar-refractivity contribution in [1.82, 2.24) is 4.90 Å². The van der Waals surface area contributed by atoms with Crippen LogP contribution in [0.15, 0.2) is 60.2 Å². The van der Waals surface area contributed by atoms with E-state index in [2.05, 4.69) is 13.8 Å². The molecule has 2 N–H and O–H groups in total. The zero-order valence-corrected chi connectivity index (χ0v) is 17.0. The summed E-state index contributed by atoms with van der Waals surface area (Å²) in [7, 11) is 0. The van der Waals surface area contributed by atoms with Crippen molar-refractivity contribution in [2.75, 3.05) is 6.54 Å². The van der Waals surface area contributed by atoms with E-state index < -0.39 is 23.7 Å². The number of nitrogens with zero attached hydrogens (tertiary/aromatic N) is 1. The zero-order valence-electron chi connectivity index (χ0n) is 17.0. The van der Waals surface area contributed by atoms with E-state index in [0.717, 1.165) is 5.56 Å². The van der Waals surface area contributed by atoms with Crippen molar-refractivity contribution in [2.45, 2.75) is 38.6 Å².